The first kappa shape index (κ1) is 18.4. The lowest BCUT2D eigenvalue weighted by atomic mass is 9.81. The van der Waals surface area contributed by atoms with Gasteiger partial charge in [-0.3, -0.25) is 10.1 Å². The van der Waals surface area contributed by atoms with Gasteiger partial charge in [0, 0.05) is 4.88 Å². The molecule has 1 saturated carbocycles. The van der Waals surface area contributed by atoms with Gasteiger partial charge in [-0.1, -0.05) is 33.1 Å². The molecule has 0 aromatic carbocycles. The first-order valence-electron chi connectivity index (χ1n) is 8.62. The van der Waals surface area contributed by atoms with E-state index in [1.807, 2.05) is 13.8 Å². The van der Waals surface area contributed by atoms with Gasteiger partial charge in [0.15, 0.2) is 10.8 Å². The number of anilines is 1. The average Bonchev–Trinajstić information content (AvgIpc) is 3.31. The fourth-order valence-electron chi connectivity index (χ4n) is 3.29. The molecular weight excluding hydrogens is 356 g/mol. The minimum absolute atomic E-state index is 0.0930. The maximum atomic E-state index is 13.1. The zero-order valence-corrected chi connectivity index (χ0v) is 15.9. The lowest BCUT2D eigenvalue weighted by Crippen LogP contribution is -2.47. The summed E-state index contributed by atoms with van der Waals surface area (Å²) in [5, 5.41) is 14.6. The van der Waals surface area contributed by atoms with Gasteiger partial charge in [-0.2, -0.15) is 0 Å². The van der Waals surface area contributed by atoms with Crippen LogP contribution in [-0.4, -0.2) is 44.2 Å². The number of rotatable bonds is 5. The molecule has 1 aliphatic carbocycles. The Morgan fingerprint density at radius 1 is 1.31 bits per heavy atom. The number of tetrazole rings is 1. The summed E-state index contributed by atoms with van der Waals surface area (Å²) in [7, 11) is 1.32. The second kappa shape index (κ2) is 7.48. The molecule has 10 heteroatoms. The van der Waals surface area contributed by atoms with Crippen molar-refractivity contribution in [3.8, 4) is 0 Å². The van der Waals surface area contributed by atoms with Crippen LogP contribution in [-0.2, 0) is 15.1 Å². The Morgan fingerprint density at radius 2 is 2.04 bits per heavy atom. The number of aromatic nitrogens is 5. The number of carbonyl (C=O) groups excluding carboxylic acids is 2. The maximum absolute atomic E-state index is 13.1. The Morgan fingerprint density at radius 3 is 2.62 bits per heavy atom. The second-order valence-corrected chi connectivity index (χ2v) is 7.71. The smallest absolute Gasteiger partial charge is 0.357 e. The van der Waals surface area contributed by atoms with E-state index < -0.39 is 11.5 Å². The highest BCUT2D eigenvalue weighted by Crippen LogP contribution is 2.37. The van der Waals surface area contributed by atoms with E-state index in [-0.39, 0.29) is 17.5 Å². The largest absolute Gasteiger partial charge is 0.464 e. The molecule has 0 radical (unpaired) electrons. The van der Waals surface area contributed by atoms with Gasteiger partial charge in [0.2, 0.25) is 0 Å². The number of methoxy groups -OCH3 is 1. The Kier molecular flexibility index (Phi) is 5.30. The summed E-state index contributed by atoms with van der Waals surface area (Å²) in [4.78, 5) is 30.2. The number of carbonyl (C=O) groups is 2. The second-order valence-electron chi connectivity index (χ2n) is 6.68. The molecule has 0 saturated heterocycles. The molecule has 1 amide bonds. The first-order valence-corrected chi connectivity index (χ1v) is 9.43. The number of esters is 1. The summed E-state index contributed by atoms with van der Waals surface area (Å²) in [5.41, 5.74) is -0.570. The van der Waals surface area contributed by atoms with Gasteiger partial charge in [-0.15, -0.1) is 16.4 Å². The van der Waals surface area contributed by atoms with Crippen LogP contribution in [0.15, 0.2) is 6.33 Å². The van der Waals surface area contributed by atoms with E-state index in [0.717, 1.165) is 24.1 Å². The maximum Gasteiger partial charge on any atom is 0.357 e. The third-order valence-corrected chi connectivity index (χ3v) is 5.94. The van der Waals surface area contributed by atoms with Crippen LogP contribution in [0.4, 0.5) is 5.13 Å². The highest BCUT2D eigenvalue weighted by atomic mass is 32.1. The van der Waals surface area contributed by atoms with E-state index in [1.54, 1.807) is 4.68 Å². The Bertz CT molecular complexity index is 780. The van der Waals surface area contributed by atoms with Gasteiger partial charge in [0.05, 0.1) is 7.11 Å². The summed E-state index contributed by atoms with van der Waals surface area (Å²) >= 11 is 1.29. The predicted octanol–water partition coefficient (Wildman–Crippen LogP) is 2.34. The summed E-state index contributed by atoms with van der Waals surface area (Å²) in [6, 6.07) is 0. The highest BCUT2D eigenvalue weighted by molar-refractivity contribution is 7.16. The number of thiazole rings is 1. The topological polar surface area (TPSA) is 112 Å². The SMILES string of the molecule is COC(=O)c1nc(NC(=O)C2(n3cnnn3)CCCCC2)sc1C(C)C. The van der Waals surface area contributed by atoms with Crippen molar-refractivity contribution >= 4 is 28.3 Å². The molecule has 0 spiro atoms. The number of hydrogen-bond donors (Lipinski definition) is 1. The van der Waals surface area contributed by atoms with Crippen molar-refractivity contribution < 1.29 is 14.3 Å². The summed E-state index contributed by atoms with van der Waals surface area (Å²) in [5.74, 6) is -0.612. The molecule has 1 N–H and O–H groups in total. The van der Waals surface area contributed by atoms with Crippen molar-refractivity contribution in [2.45, 2.75) is 57.4 Å². The van der Waals surface area contributed by atoms with Crippen LogP contribution >= 0.6 is 11.3 Å². The molecule has 0 aliphatic heterocycles. The molecule has 2 heterocycles. The summed E-state index contributed by atoms with van der Waals surface area (Å²) in [6.07, 6.45) is 5.74. The molecule has 0 unspecified atom stereocenters. The van der Waals surface area contributed by atoms with Crippen LogP contribution in [0, 0.1) is 0 Å². The number of hydrogen-bond acceptors (Lipinski definition) is 8. The third-order valence-electron chi connectivity index (χ3n) is 4.67. The molecule has 140 valence electrons. The van der Waals surface area contributed by atoms with Crippen LogP contribution in [0.3, 0.4) is 0 Å². The van der Waals surface area contributed by atoms with E-state index >= 15 is 0 Å². The Balaban J connectivity index is 1.90. The average molecular weight is 378 g/mol. The van der Waals surface area contributed by atoms with Crippen LogP contribution in [0.1, 0.15) is 67.2 Å². The highest BCUT2D eigenvalue weighted by Gasteiger charge is 2.43. The predicted molar refractivity (Wildman–Crippen MR) is 95.0 cm³/mol. The van der Waals surface area contributed by atoms with Crippen LogP contribution in [0.25, 0.3) is 0 Å². The zero-order chi connectivity index (χ0) is 18.7. The van der Waals surface area contributed by atoms with Crippen LogP contribution < -0.4 is 5.32 Å². The van der Waals surface area contributed by atoms with E-state index in [1.165, 1.54) is 24.8 Å². The third kappa shape index (κ3) is 3.33. The van der Waals surface area contributed by atoms with Crippen molar-refractivity contribution in [2.24, 2.45) is 0 Å². The van der Waals surface area contributed by atoms with Crippen molar-refractivity contribution in [1.29, 1.82) is 0 Å². The number of nitrogens with one attached hydrogen (secondary N) is 1. The van der Waals surface area contributed by atoms with Gasteiger partial charge >= 0.3 is 5.97 Å². The lowest BCUT2D eigenvalue weighted by molar-refractivity contribution is -0.126. The van der Waals surface area contributed by atoms with Gasteiger partial charge < -0.3 is 4.74 Å². The molecule has 0 atom stereocenters. The summed E-state index contributed by atoms with van der Waals surface area (Å²) in [6.45, 7) is 3.94. The number of nitrogens with zero attached hydrogens (tertiary/aromatic N) is 5. The molecule has 1 fully saturated rings. The lowest BCUT2D eigenvalue weighted by Gasteiger charge is -2.34. The van der Waals surface area contributed by atoms with Gasteiger partial charge in [0.25, 0.3) is 5.91 Å². The number of ether oxygens (including phenoxy) is 1. The molecule has 26 heavy (non-hydrogen) atoms. The minimum atomic E-state index is -0.823. The van der Waals surface area contributed by atoms with E-state index in [4.69, 9.17) is 4.74 Å². The molecule has 0 bridgehead atoms. The quantitative estimate of drug-likeness (QED) is 0.795. The molecule has 3 rings (SSSR count). The van der Waals surface area contributed by atoms with Crippen molar-refractivity contribution in [1.82, 2.24) is 25.2 Å². The van der Waals surface area contributed by atoms with Crippen molar-refractivity contribution in [3.63, 3.8) is 0 Å². The normalized spacial score (nSPS) is 16.5. The van der Waals surface area contributed by atoms with Gasteiger partial charge in [-0.25, -0.2) is 14.5 Å². The van der Waals surface area contributed by atoms with E-state index in [2.05, 4.69) is 25.8 Å². The fraction of sp³-hybridized carbons (Fsp3) is 0.625. The van der Waals surface area contributed by atoms with Crippen LogP contribution in [0.2, 0.25) is 0 Å². The Labute approximate surface area is 155 Å². The van der Waals surface area contributed by atoms with Crippen molar-refractivity contribution in [3.05, 3.63) is 16.9 Å². The molecule has 2 aromatic rings. The van der Waals surface area contributed by atoms with Gasteiger partial charge in [-0.05, 0) is 29.2 Å². The minimum Gasteiger partial charge on any atom is -0.464 e. The standard InChI is InChI=1S/C16H22N6O3S/c1-10(2)12-11(13(23)25-3)18-15(26-12)19-14(24)16(7-5-4-6-8-16)22-9-17-20-21-22/h9-10H,4-8H2,1-3H3,(H,18,19,24). The van der Waals surface area contributed by atoms with E-state index in [0.29, 0.717) is 18.0 Å². The van der Waals surface area contributed by atoms with E-state index in [9.17, 15) is 9.59 Å². The summed E-state index contributed by atoms with van der Waals surface area (Å²) < 4.78 is 6.34. The zero-order valence-electron chi connectivity index (χ0n) is 15.1. The monoisotopic (exact) mass is 378 g/mol. The van der Waals surface area contributed by atoms with Crippen molar-refractivity contribution in [2.75, 3.05) is 12.4 Å². The molecule has 1 aliphatic rings. The number of amides is 1. The van der Waals surface area contributed by atoms with Crippen LogP contribution in [0.5, 0.6) is 0 Å². The molecule has 9 nitrogen and oxygen atoms in total. The van der Waals surface area contributed by atoms with Gasteiger partial charge in [0.1, 0.15) is 11.9 Å². The fourth-order valence-corrected chi connectivity index (χ4v) is 4.24. The molecule has 2 aromatic heterocycles. The molecular formula is C16H22N6O3S. The first-order chi connectivity index (χ1) is 12.5. The Hall–Kier alpha value is -2.36.